The summed E-state index contributed by atoms with van der Waals surface area (Å²) in [5.41, 5.74) is 2.16. The van der Waals surface area contributed by atoms with Crippen molar-refractivity contribution in [2.75, 3.05) is 7.11 Å². The Balaban J connectivity index is 2.23. The fourth-order valence-corrected chi connectivity index (χ4v) is 2.06. The van der Waals surface area contributed by atoms with Crippen LogP contribution in [0.5, 0.6) is 11.5 Å². The number of ether oxygens (including phenoxy) is 2. The summed E-state index contributed by atoms with van der Waals surface area (Å²) in [5.74, 6) is 0.347. The molecule has 0 saturated heterocycles. The predicted molar refractivity (Wildman–Crippen MR) is 88.8 cm³/mol. The van der Waals surface area contributed by atoms with Crippen LogP contribution in [0, 0.1) is 6.92 Å². The molecule has 0 aliphatic heterocycles. The molecular formula is C19H18O4. The lowest BCUT2D eigenvalue weighted by Gasteiger charge is -2.07. The number of rotatable bonds is 5. The van der Waals surface area contributed by atoms with E-state index in [-0.39, 0.29) is 11.5 Å². The van der Waals surface area contributed by atoms with Gasteiger partial charge in [0.15, 0.2) is 5.78 Å². The van der Waals surface area contributed by atoms with Crippen LogP contribution in [0.4, 0.5) is 0 Å². The largest absolute Gasteiger partial charge is 0.497 e. The number of methoxy groups -OCH3 is 1. The number of carbonyl (C=O) groups is 2. The molecule has 0 aliphatic carbocycles. The van der Waals surface area contributed by atoms with Crippen LogP contribution in [-0.4, -0.2) is 18.9 Å². The second-order valence-corrected chi connectivity index (χ2v) is 5.06. The molecule has 0 heterocycles. The second kappa shape index (κ2) is 7.40. The Labute approximate surface area is 135 Å². The first-order chi connectivity index (χ1) is 11.0. The van der Waals surface area contributed by atoms with Crippen LogP contribution >= 0.6 is 0 Å². The summed E-state index contributed by atoms with van der Waals surface area (Å²) in [5, 5.41) is 0. The van der Waals surface area contributed by atoms with Gasteiger partial charge in [-0.1, -0.05) is 29.8 Å². The molecule has 0 N–H and O–H groups in total. The van der Waals surface area contributed by atoms with Crippen LogP contribution in [0.1, 0.15) is 28.4 Å². The average molecular weight is 310 g/mol. The Bertz CT molecular complexity index is 742. The maximum atomic E-state index is 12.4. The van der Waals surface area contributed by atoms with Gasteiger partial charge in [0.25, 0.3) is 0 Å². The Morgan fingerprint density at radius 2 is 1.74 bits per heavy atom. The third-order valence-corrected chi connectivity index (χ3v) is 3.20. The van der Waals surface area contributed by atoms with Crippen molar-refractivity contribution in [2.45, 2.75) is 13.8 Å². The molecule has 118 valence electrons. The van der Waals surface area contributed by atoms with Gasteiger partial charge in [0.05, 0.1) is 12.7 Å². The van der Waals surface area contributed by atoms with Gasteiger partial charge < -0.3 is 9.47 Å². The zero-order chi connectivity index (χ0) is 16.8. The van der Waals surface area contributed by atoms with Gasteiger partial charge >= 0.3 is 5.97 Å². The van der Waals surface area contributed by atoms with Gasteiger partial charge in [-0.15, -0.1) is 0 Å². The summed E-state index contributed by atoms with van der Waals surface area (Å²) >= 11 is 0. The van der Waals surface area contributed by atoms with Crippen molar-refractivity contribution in [1.82, 2.24) is 0 Å². The van der Waals surface area contributed by atoms with E-state index in [9.17, 15) is 9.59 Å². The van der Waals surface area contributed by atoms with Crippen molar-refractivity contribution in [3.63, 3.8) is 0 Å². The molecule has 0 radical (unpaired) electrons. The molecule has 0 unspecified atom stereocenters. The molecule has 2 aromatic carbocycles. The lowest BCUT2D eigenvalue weighted by atomic mass is 10.1. The number of esters is 1. The summed E-state index contributed by atoms with van der Waals surface area (Å²) in [6.07, 6.45) is 3.17. The van der Waals surface area contributed by atoms with Gasteiger partial charge in [0.1, 0.15) is 11.5 Å². The van der Waals surface area contributed by atoms with E-state index in [2.05, 4.69) is 0 Å². The lowest BCUT2D eigenvalue weighted by Crippen LogP contribution is -2.06. The van der Waals surface area contributed by atoms with E-state index in [1.54, 1.807) is 31.4 Å². The molecule has 0 fully saturated rings. The highest BCUT2D eigenvalue weighted by Gasteiger charge is 2.12. The van der Waals surface area contributed by atoms with Gasteiger partial charge in [-0.25, -0.2) is 0 Å². The number of ketones is 1. The standard InChI is InChI=1S/C19H18O4/c1-13-4-11-19(23-14(2)20)17(12-13)18(21)10-7-15-5-8-16(22-3)9-6-15/h4-12H,1-3H3/b10-7+. The van der Waals surface area contributed by atoms with Gasteiger partial charge in [0.2, 0.25) is 0 Å². The van der Waals surface area contributed by atoms with Gasteiger partial charge in [-0.05, 0) is 42.8 Å². The van der Waals surface area contributed by atoms with Crippen LogP contribution in [-0.2, 0) is 4.79 Å². The van der Waals surface area contributed by atoms with Crippen molar-refractivity contribution < 1.29 is 19.1 Å². The van der Waals surface area contributed by atoms with E-state index >= 15 is 0 Å². The molecular weight excluding hydrogens is 292 g/mol. The quantitative estimate of drug-likeness (QED) is 0.364. The molecule has 0 aromatic heterocycles. The summed E-state index contributed by atoms with van der Waals surface area (Å²) in [7, 11) is 1.60. The topological polar surface area (TPSA) is 52.6 Å². The van der Waals surface area contributed by atoms with Crippen molar-refractivity contribution in [3.05, 3.63) is 65.2 Å². The Morgan fingerprint density at radius 3 is 2.35 bits per heavy atom. The van der Waals surface area contributed by atoms with Gasteiger partial charge in [-0.2, -0.15) is 0 Å². The van der Waals surface area contributed by atoms with Crippen LogP contribution in [0.15, 0.2) is 48.5 Å². The zero-order valence-electron chi connectivity index (χ0n) is 13.3. The third-order valence-electron chi connectivity index (χ3n) is 3.20. The fourth-order valence-electron chi connectivity index (χ4n) is 2.06. The minimum Gasteiger partial charge on any atom is -0.497 e. The molecule has 2 rings (SSSR count). The summed E-state index contributed by atoms with van der Waals surface area (Å²) in [6, 6.07) is 12.5. The van der Waals surface area contributed by atoms with Crippen molar-refractivity contribution in [1.29, 1.82) is 0 Å². The van der Waals surface area contributed by atoms with Crippen LogP contribution in [0.25, 0.3) is 6.08 Å². The summed E-state index contributed by atoms with van der Waals surface area (Å²) < 4.78 is 10.2. The minimum atomic E-state index is -0.456. The van der Waals surface area contributed by atoms with Crippen molar-refractivity contribution in [3.8, 4) is 11.5 Å². The Morgan fingerprint density at radius 1 is 1.04 bits per heavy atom. The van der Waals surface area contributed by atoms with Crippen molar-refractivity contribution >= 4 is 17.8 Å². The number of carbonyl (C=O) groups excluding carboxylic acids is 2. The van der Waals surface area contributed by atoms with E-state index in [1.807, 2.05) is 31.2 Å². The predicted octanol–water partition coefficient (Wildman–Crippen LogP) is 3.83. The van der Waals surface area contributed by atoms with Gasteiger partial charge in [-0.3, -0.25) is 9.59 Å². The van der Waals surface area contributed by atoms with E-state index in [0.29, 0.717) is 5.56 Å². The number of aryl methyl sites for hydroxylation is 1. The van der Waals surface area contributed by atoms with Crippen LogP contribution < -0.4 is 9.47 Å². The Hall–Kier alpha value is -2.88. The maximum absolute atomic E-state index is 12.4. The molecule has 4 heteroatoms. The van der Waals surface area contributed by atoms with Crippen LogP contribution in [0.3, 0.4) is 0 Å². The van der Waals surface area contributed by atoms with Crippen molar-refractivity contribution in [2.24, 2.45) is 0 Å². The molecule has 0 bridgehead atoms. The van der Waals surface area contributed by atoms with Gasteiger partial charge in [0, 0.05) is 6.92 Å². The summed E-state index contributed by atoms with van der Waals surface area (Å²) in [6.45, 7) is 3.18. The monoisotopic (exact) mass is 310 g/mol. The lowest BCUT2D eigenvalue weighted by molar-refractivity contribution is -0.131. The van der Waals surface area contributed by atoms with E-state index in [0.717, 1.165) is 16.9 Å². The number of benzene rings is 2. The molecule has 2 aromatic rings. The van der Waals surface area contributed by atoms with Crippen LogP contribution in [0.2, 0.25) is 0 Å². The molecule has 0 spiro atoms. The normalized spacial score (nSPS) is 10.6. The molecule has 0 saturated carbocycles. The maximum Gasteiger partial charge on any atom is 0.308 e. The molecule has 0 atom stereocenters. The average Bonchev–Trinajstić information content (AvgIpc) is 2.54. The molecule has 23 heavy (non-hydrogen) atoms. The first-order valence-corrected chi connectivity index (χ1v) is 7.15. The molecule has 4 nitrogen and oxygen atoms in total. The first-order valence-electron chi connectivity index (χ1n) is 7.15. The number of hydrogen-bond acceptors (Lipinski definition) is 4. The zero-order valence-corrected chi connectivity index (χ0v) is 13.3. The van der Waals surface area contributed by atoms with E-state index in [1.165, 1.54) is 13.0 Å². The minimum absolute atomic E-state index is 0.222. The highest BCUT2D eigenvalue weighted by Crippen LogP contribution is 2.22. The SMILES string of the molecule is COc1ccc(/C=C/C(=O)c2cc(C)ccc2OC(C)=O)cc1. The second-order valence-electron chi connectivity index (χ2n) is 5.06. The molecule has 0 amide bonds. The number of hydrogen-bond donors (Lipinski definition) is 0. The third kappa shape index (κ3) is 4.54. The summed E-state index contributed by atoms with van der Waals surface area (Å²) in [4.78, 5) is 23.5. The number of allylic oxidation sites excluding steroid dienone is 1. The smallest absolute Gasteiger partial charge is 0.308 e. The van der Waals surface area contributed by atoms with E-state index in [4.69, 9.17) is 9.47 Å². The van der Waals surface area contributed by atoms with E-state index < -0.39 is 5.97 Å². The highest BCUT2D eigenvalue weighted by molar-refractivity contribution is 6.09. The fraction of sp³-hybridized carbons (Fsp3) is 0.158. The first kappa shape index (κ1) is 16.5. The Kier molecular flexibility index (Phi) is 5.31. The molecule has 0 aliphatic rings. The highest BCUT2D eigenvalue weighted by atomic mass is 16.5.